The van der Waals surface area contributed by atoms with Crippen LogP contribution >= 0.6 is 0 Å². The van der Waals surface area contributed by atoms with Gasteiger partial charge in [0, 0.05) is 32.3 Å². The second-order valence-electron chi connectivity index (χ2n) is 4.17. The van der Waals surface area contributed by atoms with Gasteiger partial charge >= 0.3 is 0 Å². The van der Waals surface area contributed by atoms with E-state index < -0.39 is 0 Å². The first-order valence-electron chi connectivity index (χ1n) is 5.50. The smallest absolute Gasteiger partial charge is 0.0916 e. The number of likely N-dealkylation sites (tertiary alicyclic amines) is 1. The molecule has 4 nitrogen and oxygen atoms in total. The number of rotatable bonds is 6. The highest BCUT2D eigenvalue weighted by Gasteiger charge is 2.34. The Morgan fingerprint density at radius 3 is 2.86 bits per heavy atom. The van der Waals surface area contributed by atoms with Gasteiger partial charge in [0.2, 0.25) is 0 Å². The summed E-state index contributed by atoms with van der Waals surface area (Å²) >= 11 is 0. The summed E-state index contributed by atoms with van der Waals surface area (Å²) in [7, 11) is 1.69. The molecule has 82 valence electrons. The number of hydrogen-bond donors (Lipinski definition) is 1. The molecule has 1 N–H and O–H groups in total. The molecule has 1 unspecified atom stereocenters. The van der Waals surface area contributed by atoms with Crippen molar-refractivity contribution in [2.24, 2.45) is 0 Å². The lowest BCUT2D eigenvalue weighted by Gasteiger charge is -2.15. The summed E-state index contributed by atoms with van der Waals surface area (Å²) in [5.74, 6) is 0. The Morgan fingerprint density at radius 1 is 1.29 bits per heavy atom. The van der Waals surface area contributed by atoms with Gasteiger partial charge < -0.3 is 4.74 Å². The maximum Gasteiger partial charge on any atom is 0.0916 e. The van der Waals surface area contributed by atoms with Crippen LogP contribution in [0.5, 0.6) is 0 Å². The van der Waals surface area contributed by atoms with E-state index in [0.717, 1.165) is 12.6 Å². The average molecular weight is 200 g/mol. The Bertz CT molecular complexity index is 174. The van der Waals surface area contributed by atoms with E-state index in [1.807, 2.05) is 0 Å². The zero-order valence-electron chi connectivity index (χ0n) is 8.87. The third-order valence-corrected chi connectivity index (χ3v) is 2.92. The van der Waals surface area contributed by atoms with E-state index in [4.69, 9.17) is 9.57 Å². The number of methoxy groups -OCH3 is 1. The molecule has 4 heteroatoms. The second kappa shape index (κ2) is 5.07. The molecule has 1 saturated carbocycles. The fourth-order valence-electron chi connectivity index (χ4n) is 1.96. The van der Waals surface area contributed by atoms with Crippen molar-refractivity contribution in [1.82, 2.24) is 10.4 Å². The SMILES string of the molecule is COCCONC1CCN(C2CC2)C1. The highest BCUT2D eigenvalue weighted by Crippen LogP contribution is 2.29. The van der Waals surface area contributed by atoms with E-state index in [-0.39, 0.29) is 0 Å². The molecule has 0 aromatic heterocycles. The summed E-state index contributed by atoms with van der Waals surface area (Å²) < 4.78 is 4.90. The van der Waals surface area contributed by atoms with E-state index in [9.17, 15) is 0 Å². The van der Waals surface area contributed by atoms with Crippen molar-refractivity contribution in [3.8, 4) is 0 Å². The Kier molecular flexibility index (Phi) is 3.75. The van der Waals surface area contributed by atoms with E-state index >= 15 is 0 Å². The lowest BCUT2D eigenvalue weighted by Crippen LogP contribution is -2.34. The van der Waals surface area contributed by atoms with Crippen LogP contribution in [-0.4, -0.2) is 50.4 Å². The van der Waals surface area contributed by atoms with Crippen LogP contribution < -0.4 is 5.48 Å². The average Bonchev–Trinajstić information content (AvgIpc) is 2.94. The molecule has 0 spiro atoms. The lowest BCUT2D eigenvalue weighted by atomic mass is 10.3. The summed E-state index contributed by atoms with van der Waals surface area (Å²) in [6, 6.07) is 1.41. The Morgan fingerprint density at radius 2 is 2.14 bits per heavy atom. The quantitative estimate of drug-likeness (QED) is 0.497. The van der Waals surface area contributed by atoms with Crippen LogP contribution in [0.2, 0.25) is 0 Å². The van der Waals surface area contributed by atoms with Gasteiger partial charge in [-0.2, -0.15) is 5.48 Å². The monoisotopic (exact) mass is 200 g/mol. The molecule has 2 fully saturated rings. The van der Waals surface area contributed by atoms with Crippen LogP contribution in [0.4, 0.5) is 0 Å². The molecule has 1 aliphatic heterocycles. The largest absolute Gasteiger partial charge is 0.382 e. The molecular formula is C10H20N2O2. The molecule has 0 bridgehead atoms. The van der Waals surface area contributed by atoms with Crippen molar-refractivity contribution in [1.29, 1.82) is 0 Å². The second-order valence-corrected chi connectivity index (χ2v) is 4.17. The van der Waals surface area contributed by atoms with Crippen LogP contribution in [0.1, 0.15) is 19.3 Å². The van der Waals surface area contributed by atoms with E-state index in [0.29, 0.717) is 19.3 Å². The van der Waals surface area contributed by atoms with Crippen molar-refractivity contribution < 1.29 is 9.57 Å². The molecule has 1 aliphatic carbocycles. The summed E-state index contributed by atoms with van der Waals surface area (Å²) in [5, 5.41) is 0. The molecule has 0 amide bonds. The third kappa shape index (κ3) is 2.92. The molecule has 14 heavy (non-hydrogen) atoms. The Hall–Kier alpha value is -0.160. The molecule has 0 radical (unpaired) electrons. The predicted octanol–water partition coefficient (Wildman–Crippen LogP) is 0.391. The van der Waals surface area contributed by atoms with Crippen LogP contribution in [-0.2, 0) is 9.57 Å². The predicted molar refractivity (Wildman–Crippen MR) is 54.0 cm³/mol. The van der Waals surface area contributed by atoms with Gasteiger partial charge in [0.1, 0.15) is 0 Å². The normalized spacial score (nSPS) is 28.5. The van der Waals surface area contributed by atoms with Crippen LogP contribution in [0.15, 0.2) is 0 Å². The first kappa shape index (κ1) is 10.4. The van der Waals surface area contributed by atoms with Crippen LogP contribution in [0, 0.1) is 0 Å². The van der Waals surface area contributed by atoms with E-state index in [1.165, 1.54) is 25.8 Å². The molecule has 1 atom stereocenters. The van der Waals surface area contributed by atoms with Gasteiger partial charge in [-0.15, -0.1) is 0 Å². The number of nitrogens with zero attached hydrogens (tertiary/aromatic N) is 1. The maximum atomic E-state index is 5.30. The van der Waals surface area contributed by atoms with Gasteiger partial charge in [-0.1, -0.05) is 0 Å². The number of hydrogen-bond acceptors (Lipinski definition) is 4. The maximum absolute atomic E-state index is 5.30. The molecule has 0 aromatic rings. The number of ether oxygens (including phenoxy) is 1. The van der Waals surface area contributed by atoms with E-state index in [2.05, 4.69) is 10.4 Å². The van der Waals surface area contributed by atoms with Gasteiger partial charge in [-0.25, -0.2) is 0 Å². The number of nitrogens with one attached hydrogen (secondary N) is 1. The molecule has 0 aromatic carbocycles. The minimum Gasteiger partial charge on any atom is -0.382 e. The van der Waals surface area contributed by atoms with Crippen molar-refractivity contribution in [2.45, 2.75) is 31.3 Å². The van der Waals surface area contributed by atoms with Gasteiger partial charge in [-0.3, -0.25) is 9.74 Å². The molecular weight excluding hydrogens is 180 g/mol. The Balaban J connectivity index is 1.54. The molecule has 1 heterocycles. The van der Waals surface area contributed by atoms with Crippen molar-refractivity contribution in [2.75, 3.05) is 33.4 Å². The van der Waals surface area contributed by atoms with Crippen LogP contribution in [0.3, 0.4) is 0 Å². The third-order valence-electron chi connectivity index (χ3n) is 2.92. The highest BCUT2D eigenvalue weighted by atomic mass is 16.7. The molecule has 2 aliphatic rings. The highest BCUT2D eigenvalue weighted by molar-refractivity contribution is 4.90. The number of hydroxylamine groups is 1. The summed E-state index contributed by atoms with van der Waals surface area (Å²) in [6.45, 7) is 3.68. The first-order valence-corrected chi connectivity index (χ1v) is 5.50. The first-order chi connectivity index (χ1) is 6.90. The Labute approximate surface area is 85.5 Å². The van der Waals surface area contributed by atoms with Crippen molar-refractivity contribution >= 4 is 0 Å². The molecule has 1 saturated heterocycles. The van der Waals surface area contributed by atoms with E-state index in [1.54, 1.807) is 7.11 Å². The minimum absolute atomic E-state index is 0.521. The van der Waals surface area contributed by atoms with Crippen molar-refractivity contribution in [3.05, 3.63) is 0 Å². The fourth-order valence-corrected chi connectivity index (χ4v) is 1.96. The summed E-state index contributed by atoms with van der Waals surface area (Å²) in [4.78, 5) is 7.87. The van der Waals surface area contributed by atoms with Gasteiger partial charge in [0.25, 0.3) is 0 Å². The summed E-state index contributed by atoms with van der Waals surface area (Å²) in [5.41, 5.74) is 3.11. The minimum atomic E-state index is 0.521. The standard InChI is InChI=1S/C10H20N2O2/c1-13-6-7-14-11-9-4-5-12(8-9)10-2-3-10/h9-11H,2-8H2,1H3. The van der Waals surface area contributed by atoms with Gasteiger partial charge in [-0.05, 0) is 19.3 Å². The topological polar surface area (TPSA) is 33.7 Å². The zero-order chi connectivity index (χ0) is 9.80. The lowest BCUT2D eigenvalue weighted by molar-refractivity contribution is -0.0102. The molecule has 2 rings (SSSR count). The zero-order valence-corrected chi connectivity index (χ0v) is 8.87. The summed E-state index contributed by atoms with van der Waals surface area (Å²) in [6.07, 6.45) is 4.01. The van der Waals surface area contributed by atoms with Gasteiger partial charge in [0.15, 0.2) is 0 Å². The fraction of sp³-hybridized carbons (Fsp3) is 1.00. The van der Waals surface area contributed by atoms with Crippen LogP contribution in [0.25, 0.3) is 0 Å². The van der Waals surface area contributed by atoms with Crippen molar-refractivity contribution in [3.63, 3.8) is 0 Å². The van der Waals surface area contributed by atoms with Gasteiger partial charge in [0.05, 0.1) is 13.2 Å².